The molecule has 1 amide bonds. The second-order valence-corrected chi connectivity index (χ2v) is 21.5. The van der Waals surface area contributed by atoms with Crippen LogP contribution in [-0.2, 0) is 14.3 Å². The number of unbranched alkanes of at least 4 members (excludes halogenated alkanes) is 27. The molecule has 77 heavy (non-hydrogen) atoms. The summed E-state index contributed by atoms with van der Waals surface area (Å²) in [6.07, 6.45) is 75.9. The van der Waals surface area contributed by atoms with E-state index in [0.717, 1.165) is 96.3 Å². The third-order valence-electron chi connectivity index (χ3n) is 14.3. The van der Waals surface area contributed by atoms with Gasteiger partial charge >= 0.3 is 0 Å². The molecule has 1 fully saturated rings. The van der Waals surface area contributed by atoms with Gasteiger partial charge in [-0.2, -0.15) is 0 Å². The molecular formula is C68H117NO8. The number of aliphatic hydroxyl groups is 5. The molecule has 1 rings (SSSR count). The monoisotopic (exact) mass is 1080 g/mol. The zero-order valence-electron chi connectivity index (χ0n) is 49.2. The minimum atomic E-state index is -1.58. The van der Waals surface area contributed by atoms with Gasteiger partial charge in [0.2, 0.25) is 5.91 Å². The van der Waals surface area contributed by atoms with Crippen LogP contribution < -0.4 is 5.32 Å². The van der Waals surface area contributed by atoms with Crippen LogP contribution in [0.3, 0.4) is 0 Å². The van der Waals surface area contributed by atoms with Gasteiger partial charge in [-0.1, -0.05) is 271 Å². The number of aliphatic hydroxyl groups excluding tert-OH is 5. The summed E-state index contributed by atoms with van der Waals surface area (Å²) in [6, 6.07) is -0.837. The number of ether oxygens (including phenoxy) is 2. The van der Waals surface area contributed by atoms with E-state index in [-0.39, 0.29) is 12.5 Å². The SMILES string of the molecule is CC/C=C\C/C=C\C/C=C\C/C=C\C/C=C\C/C=C\C/C=C\CCCCCCCCCC(=O)NC(COC1OC(CO)C(O)C(O)C1O)C(O)/C=C/CC/C=C/CCCCCCCCCCCCCCCCCCCCC. The van der Waals surface area contributed by atoms with E-state index in [0.29, 0.717) is 6.42 Å². The maximum absolute atomic E-state index is 13.1. The molecular weight excluding hydrogens is 959 g/mol. The number of amides is 1. The lowest BCUT2D eigenvalue weighted by Gasteiger charge is -2.40. The lowest BCUT2D eigenvalue weighted by molar-refractivity contribution is -0.302. The van der Waals surface area contributed by atoms with Crippen molar-refractivity contribution >= 4 is 5.91 Å². The molecule has 7 atom stereocenters. The number of carbonyl (C=O) groups is 1. The Morgan fingerprint density at radius 2 is 0.818 bits per heavy atom. The Kier molecular flexibility index (Phi) is 52.4. The quantitative estimate of drug-likeness (QED) is 0.0261. The molecule has 9 nitrogen and oxygen atoms in total. The standard InChI is InChI=1S/C68H117NO8/c1-3-5-7-9-11-13-15-17-19-21-23-25-27-29-30-31-32-34-36-38-40-42-44-46-48-50-52-54-56-58-64(72)69-61(60-76-68-67(75)66(74)65(73)63(59-70)77-68)62(71)57-55-53-51-49-47-45-43-41-39-37-35-33-28-26-24-22-20-18-16-14-12-10-8-6-4-2/h5,7,11,13,17,19,23,25,29-30,32,34,38,40,47,49,55,57,61-63,65-68,70-71,73-75H,3-4,6,8-10,12,14-16,18,20-22,24,26-28,31,33,35-37,39,41-46,48,50-54,56,58-60H2,1-2H3,(H,69,72)/b7-5-,13-11-,19-17-,25-23-,30-29-,34-32-,40-38-,49-47+,57-55+. The third kappa shape index (κ3) is 45.3. The van der Waals surface area contributed by atoms with Gasteiger partial charge in [-0.3, -0.25) is 4.79 Å². The highest BCUT2D eigenvalue weighted by atomic mass is 16.7. The van der Waals surface area contributed by atoms with Crippen LogP contribution in [0.1, 0.15) is 258 Å². The molecule has 1 aliphatic heterocycles. The Bertz CT molecular complexity index is 1580. The van der Waals surface area contributed by atoms with E-state index in [4.69, 9.17) is 9.47 Å². The minimum absolute atomic E-state index is 0.201. The molecule has 0 aliphatic carbocycles. The zero-order valence-corrected chi connectivity index (χ0v) is 49.2. The van der Waals surface area contributed by atoms with Crippen molar-refractivity contribution in [3.05, 3.63) is 109 Å². The van der Waals surface area contributed by atoms with Crippen LogP contribution in [0, 0.1) is 0 Å². The Hall–Kier alpha value is -3.15. The maximum atomic E-state index is 13.1. The fourth-order valence-electron chi connectivity index (χ4n) is 9.39. The summed E-state index contributed by atoms with van der Waals surface area (Å²) in [5, 5.41) is 54.6. The molecule has 1 heterocycles. The third-order valence-corrected chi connectivity index (χ3v) is 14.3. The first-order valence-electron chi connectivity index (χ1n) is 31.6. The summed E-state index contributed by atoms with van der Waals surface area (Å²) in [6.45, 7) is 3.66. The average molecular weight is 1080 g/mol. The Morgan fingerprint density at radius 1 is 0.455 bits per heavy atom. The lowest BCUT2D eigenvalue weighted by atomic mass is 9.99. The number of nitrogens with one attached hydrogen (secondary N) is 1. The maximum Gasteiger partial charge on any atom is 0.220 e. The smallest absolute Gasteiger partial charge is 0.220 e. The van der Waals surface area contributed by atoms with Crippen molar-refractivity contribution in [3.63, 3.8) is 0 Å². The molecule has 0 radical (unpaired) electrons. The molecule has 442 valence electrons. The van der Waals surface area contributed by atoms with Crippen molar-refractivity contribution in [3.8, 4) is 0 Å². The van der Waals surface area contributed by atoms with Crippen molar-refractivity contribution in [2.24, 2.45) is 0 Å². The molecule has 1 saturated heterocycles. The molecule has 0 aromatic carbocycles. The first-order chi connectivity index (χ1) is 37.8. The Labute approximate surface area is 472 Å². The van der Waals surface area contributed by atoms with E-state index in [1.54, 1.807) is 6.08 Å². The number of allylic oxidation sites excluding steroid dienone is 17. The van der Waals surface area contributed by atoms with Crippen molar-refractivity contribution in [1.82, 2.24) is 5.32 Å². The highest BCUT2D eigenvalue weighted by Gasteiger charge is 2.44. The van der Waals surface area contributed by atoms with Gasteiger partial charge in [-0.05, 0) is 89.9 Å². The van der Waals surface area contributed by atoms with Crippen LogP contribution in [-0.4, -0.2) is 87.5 Å². The van der Waals surface area contributed by atoms with Gasteiger partial charge in [-0.25, -0.2) is 0 Å². The topological polar surface area (TPSA) is 149 Å². The van der Waals surface area contributed by atoms with Crippen molar-refractivity contribution in [2.45, 2.75) is 301 Å². The summed E-state index contributed by atoms with van der Waals surface area (Å²) in [5.74, 6) is -0.201. The lowest BCUT2D eigenvalue weighted by Crippen LogP contribution is -2.60. The van der Waals surface area contributed by atoms with E-state index in [1.807, 2.05) is 6.08 Å². The normalized spacial score (nSPS) is 19.5. The Balaban J connectivity index is 2.24. The molecule has 0 aromatic heterocycles. The molecule has 0 spiro atoms. The highest BCUT2D eigenvalue weighted by molar-refractivity contribution is 5.76. The average Bonchev–Trinajstić information content (AvgIpc) is 3.43. The van der Waals surface area contributed by atoms with E-state index >= 15 is 0 Å². The van der Waals surface area contributed by atoms with Crippen molar-refractivity contribution in [2.75, 3.05) is 13.2 Å². The first-order valence-corrected chi connectivity index (χ1v) is 31.6. The van der Waals surface area contributed by atoms with Crippen LogP contribution in [0.4, 0.5) is 0 Å². The van der Waals surface area contributed by atoms with Gasteiger partial charge in [0.25, 0.3) is 0 Å². The Morgan fingerprint density at radius 3 is 1.25 bits per heavy atom. The molecule has 0 bridgehead atoms. The van der Waals surface area contributed by atoms with Gasteiger partial charge in [0.05, 0.1) is 25.4 Å². The second-order valence-electron chi connectivity index (χ2n) is 21.5. The summed E-state index contributed by atoms with van der Waals surface area (Å²) in [4.78, 5) is 13.1. The van der Waals surface area contributed by atoms with Crippen LogP contribution in [0.2, 0.25) is 0 Å². The number of hydrogen-bond donors (Lipinski definition) is 6. The minimum Gasteiger partial charge on any atom is -0.394 e. The van der Waals surface area contributed by atoms with Crippen LogP contribution in [0.15, 0.2) is 109 Å². The number of carbonyl (C=O) groups excluding carboxylic acids is 1. The number of hydrogen-bond acceptors (Lipinski definition) is 8. The van der Waals surface area contributed by atoms with E-state index in [9.17, 15) is 30.3 Å². The van der Waals surface area contributed by atoms with Gasteiger partial charge in [-0.15, -0.1) is 0 Å². The van der Waals surface area contributed by atoms with Crippen LogP contribution in [0.5, 0.6) is 0 Å². The molecule has 0 saturated carbocycles. The molecule has 1 aliphatic rings. The van der Waals surface area contributed by atoms with Gasteiger partial charge in [0.1, 0.15) is 24.4 Å². The highest BCUT2D eigenvalue weighted by Crippen LogP contribution is 2.23. The molecule has 7 unspecified atom stereocenters. The molecule has 6 N–H and O–H groups in total. The van der Waals surface area contributed by atoms with E-state index in [2.05, 4.69) is 116 Å². The zero-order chi connectivity index (χ0) is 55.8. The fourth-order valence-corrected chi connectivity index (χ4v) is 9.39. The first kappa shape index (κ1) is 71.9. The van der Waals surface area contributed by atoms with Gasteiger partial charge in [0, 0.05) is 6.42 Å². The van der Waals surface area contributed by atoms with Crippen molar-refractivity contribution in [1.29, 1.82) is 0 Å². The van der Waals surface area contributed by atoms with E-state index < -0.39 is 49.5 Å². The summed E-state index contributed by atoms with van der Waals surface area (Å²) >= 11 is 0. The van der Waals surface area contributed by atoms with Crippen LogP contribution >= 0.6 is 0 Å². The van der Waals surface area contributed by atoms with Crippen molar-refractivity contribution < 1.29 is 39.8 Å². The predicted octanol–water partition coefficient (Wildman–Crippen LogP) is 16.5. The molecule has 9 heteroatoms. The summed E-state index contributed by atoms with van der Waals surface area (Å²) in [5.41, 5.74) is 0. The summed E-state index contributed by atoms with van der Waals surface area (Å²) in [7, 11) is 0. The number of rotatable bonds is 53. The van der Waals surface area contributed by atoms with Crippen LogP contribution in [0.25, 0.3) is 0 Å². The molecule has 0 aromatic rings. The largest absolute Gasteiger partial charge is 0.394 e. The predicted molar refractivity (Wildman–Crippen MR) is 327 cm³/mol. The van der Waals surface area contributed by atoms with E-state index in [1.165, 1.54) is 141 Å². The van der Waals surface area contributed by atoms with Gasteiger partial charge in [0.15, 0.2) is 6.29 Å². The second kappa shape index (κ2) is 56.1. The van der Waals surface area contributed by atoms with Gasteiger partial charge < -0.3 is 40.3 Å². The summed E-state index contributed by atoms with van der Waals surface area (Å²) < 4.78 is 11.3. The fraction of sp³-hybridized carbons (Fsp3) is 0.721.